The zero-order valence-electron chi connectivity index (χ0n) is 10.8. The van der Waals surface area contributed by atoms with E-state index in [4.69, 9.17) is 0 Å². The van der Waals surface area contributed by atoms with E-state index < -0.39 is 11.6 Å². The molecule has 0 aliphatic carbocycles. The van der Waals surface area contributed by atoms with E-state index in [1.807, 2.05) is 0 Å². The molecule has 0 fully saturated rings. The number of nitrogens with zero attached hydrogens (tertiary/aromatic N) is 4. The maximum atomic E-state index is 11.7. The van der Waals surface area contributed by atoms with Gasteiger partial charge in [0, 0.05) is 18.6 Å². The van der Waals surface area contributed by atoms with E-state index in [1.165, 1.54) is 6.20 Å². The first-order chi connectivity index (χ1) is 10.2. The summed E-state index contributed by atoms with van der Waals surface area (Å²) in [6.45, 7) is 0.205. The number of pyridine rings is 1. The Balaban J connectivity index is 1.65. The molecule has 0 aromatic carbocycles. The Bertz CT molecular complexity index is 802. The minimum atomic E-state index is -0.427. The van der Waals surface area contributed by atoms with Crippen LogP contribution in [0.1, 0.15) is 16.2 Å². The van der Waals surface area contributed by atoms with Crippen molar-refractivity contribution in [1.29, 1.82) is 0 Å². The van der Waals surface area contributed by atoms with Crippen molar-refractivity contribution in [3.63, 3.8) is 0 Å². The fourth-order valence-electron chi connectivity index (χ4n) is 1.72. The SMILES string of the molecule is O=C(NCc1cn(-c2ccncc2)nn1)c1c[nH]c(=O)[nH]1. The Labute approximate surface area is 118 Å². The van der Waals surface area contributed by atoms with Gasteiger partial charge in [-0.05, 0) is 12.1 Å². The first kappa shape index (κ1) is 12.8. The Morgan fingerprint density at radius 3 is 2.86 bits per heavy atom. The van der Waals surface area contributed by atoms with Crippen molar-refractivity contribution < 1.29 is 4.79 Å². The van der Waals surface area contributed by atoms with Gasteiger partial charge < -0.3 is 15.3 Å². The lowest BCUT2D eigenvalue weighted by Crippen LogP contribution is -2.23. The van der Waals surface area contributed by atoms with Crippen LogP contribution in [-0.4, -0.2) is 35.9 Å². The van der Waals surface area contributed by atoms with E-state index in [1.54, 1.807) is 35.4 Å². The first-order valence-electron chi connectivity index (χ1n) is 6.10. The summed E-state index contributed by atoms with van der Waals surface area (Å²) < 4.78 is 1.58. The van der Waals surface area contributed by atoms with Gasteiger partial charge in [-0.3, -0.25) is 9.78 Å². The van der Waals surface area contributed by atoms with Crippen molar-refractivity contribution in [2.45, 2.75) is 6.54 Å². The van der Waals surface area contributed by atoms with Crippen LogP contribution in [0.2, 0.25) is 0 Å². The van der Waals surface area contributed by atoms with Gasteiger partial charge in [-0.25, -0.2) is 9.48 Å². The molecule has 9 nitrogen and oxygen atoms in total. The van der Waals surface area contributed by atoms with E-state index in [2.05, 4.69) is 30.6 Å². The zero-order valence-corrected chi connectivity index (χ0v) is 10.8. The Hall–Kier alpha value is -3.23. The van der Waals surface area contributed by atoms with Crippen LogP contribution in [0.4, 0.5) is 0 Å². The first-order valence-corrected chi connectivity index (χ1v) is 6.10. The summed E-state index contributed by atoms with van der Waals surface area (Å²) in [5.74, 6) is -0.396. The monoisotopic (exact) mass is 285 g/mol. The highest BCUT2D eigenvalue weighted by Gasteiger charge is 2.09. The number of nitrogens with one attached hydrogen (secondary N) is 3. The third kappa shape index (κ3) is 2.86. The van der Waals surface area contributed by atoms with E-state index in [-0.39, 0.29) is 12.2 Å². The molecule has 3 aromatic rings. The van der Waals surface area contributed by atoms with Crippen LogP contribution in [0, 0.1) is 0 Å². The van der Waals surface area contributed by atoms with Gasteiger partial charge in [0.05, 0.1) is 18.4 Å². The molecular weight excluding hydrogens is 274 g/mol. The Kier molecular flexibility index (Phi) is 3.29. The average molecular weight is 285 g/mol. The summed E-state index contributed by atoms with van der Waals surface area (Å²) in [5.41, 5.74) is 1.16. The predicted octanol–water partition coefficient (Wildman–Crippen LogP) is -0.391. The predicted molar refractivity (Wildman–Crippen MR) is 71.7 cm³/mol. The van der Waals surface area contributed by atoms with Crippen LogP contribution >= 0.6 is 0 Å². The van der Waals surface area contributed by atoms with Crippen LogP contribution in [0.15, 0.2) is 41.7 Å². The van der Waals surface area contributed by atoms with Gasteiger partial charge in [0.15, 0.2) is 0 Å². The highest BCUT2D eigenvalue weighted by Crippen LogP contribution is 2.04. The summed E-state index contributed by atoms with van der Waals surface area (Å²) in [6.07, 6.45) is 6.32. The van der Waals surface area contributed by atoms with Crippen molar-refractivity contribution in [3.05, 3.63) is 58.8 Å². The Morgan fingerprint density at radius 1 is 1.33 bits per heavy atom. The lowest BCUT2D eigenvalue weighted by atomic mass is 10.4. The molecule has 3 N–H and O–H groups in total. The fraction of sp³-hybridized carbons (Fsp3) is 0.0833. The number of imidazole rings is 1. The van der Waals surface area contributed by atoms with Crippen molar-refractivity contribution in [2.24, 2.45) is 0 Å². The molecule has 3 heterocycles. The lowest BCUT2D eigenvalue weighted by Gasteiger charge is -1.99. The van der Waals surface area contributed by atoms with Crippen LogP contribution in [0.5, 0.6) is 0 Å². The minimum Gasteiger partial charge on any atom is -0.345 e. The van der Waals surface area contributed by atoms with Gasteiger partial charge in [0.25, 0.3) is 5.91 Å². The van der Waals surface area contributed by atoms with Crippen molar-refractivity contribution in [3.8, 4) is 5.69 Å². The van der Waals surface area contributed by atoms with E-state index in [9.17, 15) is 9.59 Å². The van der Waals surface area contributed by atoms with Gasteiger partial charge in [0.1, 0.15) is 11.4 Å². The van der Waals surface area contributed by atoms with Gasteiger partial charge in [-0.2, -0.15) is 0 Å². The molecule has 21 heavy (non-hydrogen) atoms. The molecule has 0 atom stereocenters. The second-order valence-electron chi connectivity index (χ2n) is 4.20. The number of hydrogen-bond acceptors (Lipinski definition) is 5. The third-order valence-electron chi connectivity index (χ3n) is 2.74. The molecule has 3 rings (SSSR count). The number of H-pyrrole nitrogens is 2. The molecule has 0 radical (unpaired) electrons. The van der Waals surface area contributed by atoms with E-state index in [0.717, 1.165) is 5.69 Å². The second kappa shape index (κ2) is 5.41. The number of aromatic nitrogens is 6. The Morgan fingerprint density at radius 2 is 2.14 bits per heavy atom. The molecule has 0 bridgehead atoms. The van der Waals surface area contributed by atoms with Gasteiger partial charge in [-0.15, -0.1) is 5.10 Å². The topological polar surface area (TPSA) is 121 Å². The third-order valence-corrected chi connectivity index (χ3v) is 2.74. The zero-order chi connectivity index (χ0) is 14.7. The number of carbonyl (C=O) groups excluding carboxylic acids is 1. The van der Waals surface area contributed by atoms with Gasteiger partial charge in [-0.1, -0.05) is 5.21 Å². The van der Waals surface area contributed by atoms with Gasteiger partial charge >= 0.3 is 5.69 Å². The van der Waals surface area contributed by atoms with Crippen LogP contribution in [-0.2, 0) is 6.54 Å². The smallest absolute Gasteiger partial charge is 0.323 e. The highest BCUT2D eigenvalue weighted by molar-refractivity contribution is 5.91. The van der Waals surface area contributed by atoms with E-state index in [0.29, 0.717) is 5.69 Å². The quantitative estimate of drug-likeness (QED) is 0.602. The number of carbonyl (C=O) groups is 1. The molecular formula is C12H11N7O2. The van der Waals surface area contributed by atoms with Crippen molar-refractivity contribution >= 4 is 5.91 Å². The minimum absolute atomic E-state index is 0.168. The highest BCUT2D eigenvalue weighted by atomic mass is 16.2. The summed E-state index contributed by atoms with van der Waals surface area (Å²) >= 11 is 0. The molecule has 0 aliphatic heterocycles. The molecule has 0 unspecified atom stereocenters. The molecule has 0 aliphatic rings. The normalized spacial score (nSPS) is 10.5. The van der Waals surface area contributed by atoms with Crippen molar-refractivity contribution in [2.75, 3.05) is 0 Å². The summed E-state index contributed by atoms with van der Waals surface area (Å²) in [5, 5.41) is 10.6. The van der Waals surface area contributed by atoms with Crippen molar-refractivity contribution in [1.82, 2.24) is 35.3 Å². The molecule has 106 valence electrons. The van der Waals surface area contributed by atoms with E-state index >= 15 is 0 Å². The molecule has 3 aromatic heterocycles. The number of hydrogen-bond donors (Lipinski definition) is 3. The summed E-state index contributed by atoms with van der Waals surface area (Å²) in [7, 11) is 0. The largest absolute Gasteiger partial charge is 0.345 e. The maximum Gasteiger partial charge on any atom is 0.323 e. The summed E-state index contributed by atoms with van der Waals surface area (Å²) in [6, 6.07) is 3.59. The molecule has 1 amide bonds. The van der Waals surface area contributed by atoms with Crippen LogP contribution in [0.25, 0.3) is 5.69 Å². The fourth-order valence-corrected chi connectivity index (χ4v) is 1.72. The number of rotatable bonds is 4. The lowest BCUT2D eigenvalue weighted by molar-refractivity contribution is 0.0946. The molecule has 0 saturated heterocycles. The number of aromatic amines is 2. The molecule has 0 spiro atoms. The second-order valence-corrected chi connectivity index (χ2v) is 4.20. The van der Waals surface area contributed by atoms with Crippen LogP contribution in [0.3, 0.4) is 0 Å². The van der Waals surface area contributed by atoms with Gasteiger partial charge in [0.2, 0.25) is 0 Å². The summed E-state index contributed by atoms with van der Waals surface area (Å²) in [4.78, 5) is 31.3. The molecule has 0 saturated carbocycles. The standard InChI is InChI=1S/C12H11N7O2/c20-11(10-6-15-12(21)16-10)14-5-8-7-19(18-17-8)9-1-3-13-4-2-9/h1-4,6-7H,5H2,(H,14,20)(H2,15,16,21). The van der Waals surface area contributed by atoms with Crippen LogP contribution < -0.4 is 11.0 Å². The molecule has 9 heteroatoms. The number of amides is 1. The maximum absolute atomic E-state index is 11.7. The average Bonchev–Trinajstić information content (AvgIpc) is 3.15.